The van der Waals surface area contributed by atoms with Crippen molar-refractivity contribution in [3.63, 3.8) is 0 Å². The largest absolute Gasteiger partial charge is 0.374 e. The molecule has 4 unspecified atom stereocenters. The lowest BCUT2D eigenvalue weighted by atomic mass is 9.82. The van der Waals surface area contributed by atoms with Gasteiger partial charge in [-0.2, -0.15) is 0 Å². The summed E-state index contributed by atoms with van der Waals surface area (Å²) >= 11 is 3.37. The second-order valence-electron chi connectivity index (χ2n) is 5.44. The Hall–Kier alpha value is -0.550. The minimum Gasteiger partial charge on any atom is -0.374 e. The van der Waals surface area contributed by atoms with Crippen LogP contribution in [0.1, 0.15) is 12.8 Å². The maximum absolute atomic E-state index is 5.99. The molecule has 0 aromatic heterocycles. The van der Waals surface area contributed by atoms with Crippen molar-refractivity contribution in [2.24, 2.45) is 16.8 Å². The molecule has 1 N–H and O–H groups in total. The number of likely N-dealkylation sites (tertiary alicyclic amines) is 1. The van der Waals surface area contributed by atoms with Gasteiger partial charge in [0.15, 0.2) is 5.96 Å². The maximum Gasteiger partial charge on any atom is 0.193 e. The third-order valence-electron chi connectivity index (χ3n) is 4.40. The molecule has 4 nitrogen and oxygen atoms in total. The summed E-state index contributed by atoms with van der Waals surface area (Å²) in [5, 5.41) is 3.34. The van der Waals surface area contributed by atoms with E-state index in [0.29, 0.717) is 12.2 Å². The van der Waals surface area contributed by atoms with Gasteiger partial charge in [-0.05, 0) is 12.8 Å². The molecule has 18 heavy (non-hydrogen) atoms. The fourth-order valence-corrected chi connectivity index (χ4v) is 3.78. The molecule has 3 aliphatic rings. The van der Waals surface area contributed by atoms with E-state index in [-0.39, 0.29) is 0 Å². The van der Waals surface area contributed by atoms with E-state index in [1.165, 1.54) is 12.8 Å². The molecular formula is C13H20BrN3O. The minimum atomic E-state index is 0.509. The lowest BCUT2D eigenvalue weighted by Gasteiger charge is -2.23. The topological polar surface area (TPSA) is 36.9 Å². The number of guanidine groups is 1. The van der Waals surface area contributed by atoms with E-state index in [1.54, 1.807) is 0 Å². The first kappa shape index (κ1) is 12.5. The Morgan fingerprint density at radius 3 is 2.50 bits per heavy atom. The predicted molar refractivity (Wildman–Crippen MR) is 75.9 cm³/mol. The van der Waals surface area contributed by atoms with Gasteiger partial charge in [0.1, 0.15) is 0 Å². The molecule has 0 spiro atoms. The highest BCUT2D eigenvalue weighted by Gasteiger charge is 2.53. The SMILES string of the molecule is C=C(Br)CNC(=NC)N1CC2C3CCC(O3)C2C1. The van der Waals surface area contributed by atoms with Crippen LogP contribution in [0, 0.1) is 11.8 Å². The number of hydrogen-bond donors (Lipinski definition) is 1. The van der Waals surface area contributed by atoms with Gasteiger partial charge < -0.3 is 15.0 Å². The molecule has 100 valence electrons. The van der Waals surface area contributed by atoms with Crippen molar-refractivity contribution >= 4 is 21.9 Å². The zero-order valence-corrected chi connectivity index (χ0v) is 12.3. The summed E-state index contributed by atoms with van der Waals surface area (Å²) < 4.78 is 6.94. The van der Waals surface area contributed by atoms with Crippen molar-refractivity contribution in [3.05, 3.63) is 11.1 Å². The lowest BCUT2D eigenvalue weighted by Crippen LogP contribution is -2.41. The molecule has 5 heteroatoms. The first-order valence-corrected chi connectivity index (χ1v) is 7.42. The third-order valence-corrected chi connectivity index (χ3v) is 4.68. The number of ether oxygens (including phenoxy) is 1. The first-order chi connectivity index (χ1) is 8.69. The molecule has 0 saturated carbocycles. The second-order valence-corrected chi connectivity index (χ2v) is 6.56. The second kappa shape index (κ2) is 4.85. The van der Waals surface area contributed by atoms with E-state index < -0.39 is 0 Å². The van der Waals surface area contributed by atoms with Crippen molar-refractivity contribution in [3.8, 4) is 0 Å². The van der Waals surface area contributed by atoms with E-state index in [9.17, 15) is 0 Å². The molecule has 3 fully saturated rings. The molecule has 2 bridgehead atoms. The van der Waals surface area contributed by atoms with Crippen molar-refractivity contribution in [1.29, 1.82) is 0 Å². The number of fused-ring (bicyclic) bond motifs is 5. The Morgan fingerprint density at radius 2 is 2.00 bits per heavy atom. The van der Waals surface area contributed by atoms with Crippen LogP contribution >= 0.6 is 15.9 Å². The van der Waals surface area contributed by atoms with Crippen LogP contribution in [0.25, 0.3) is 0 Å². The summed E-state index contributed by atoms with van der Waals surface area (Å²) in [5.74, 6) is 2.42. The molecule has 3 saturated heterocycles. The van der Waals surface area contributed by atoms with Crippen LogP contribution in [0.2, 0.25) is 0 Å². The lowest BCUT2D eigenvalue weighted by molar-refractivity contribution is 0.0767. The molecule has 0 aromatic rings. The Kier molecular flexibility index (Phi) is 3.36. The van der Waals surface area contributed by atoms with Crippen LogP contribution in [0.4, 0.5) is 0 Å². The first-order valence-electron chi connectivity index (χ1n) is 6.63. The van der Waals surface area contributed by atoms with E-state index in [4.69, 9.17) is 4.74 Å². The van der Waals surface area contributed by atoms with Gasteiger partial charge in [-0.25, -0.2) is 0 Å². The molecule has 3 heterocycles. The van der Waals surface area contributed by atoms with Crippen LogP contribution in [-0.4, -0.2) is 49.7 Å². The smallest absolute Gasteiger partial charge is 0.193 e. The molecule has 0 aliphatic carbocycles. The number of hydrogen-bond acceptors (Lipinski definition) is 2. The van der Waals surface area contributed by atoms with Crippen molar-refractivity contribution in [2.45, 2.75) is 25.0 Å². The molecule has 4 atom stereocenters. The highest BCUT2D eigenvalue weighted by Crippen LogP contribution is 2.47. The zero-order valence-electron chi connectivity index (χ0n) is 10.7. The quantitative estimate of drug-likeness (QED) is 0.621. The predicted octanol–water partition coefficient (Wildman–Crippen LogP) is 1.58. The van der Waals surface area contributed by atoms with Crippen LogP contribution in [0.5, 0.6) is 0 Å². The fourth-order valence-electron chi connectivity index (χ4n) is 3.64. The molecule has 3 rings (SSSR count). The normalized spacial score (nSPS) is 38.1. The average molecular weight is 314 g/mol. The summed E-state index contributed by atoms with van der Waals surface area (Å²) in [7, 11) is 1.85. The molecule has 3 aliphatic heterocycles. The van der Waals surface area contributed by atoms with Gasteiger partial charge in [0.2, 0.25) is 0 Å². The number of halogens is 1. The van der Waals surface area contributed by atoms with E-state index in [1.807, 2.05) is 7.05 Å². The average Bonchev–Trinajstić information content (AvgIpc) is 3.01. The van der Waals surface area contributed by atoms with Gasteiger partial charge in [-0.3, -0.25) is 4.99 Å². The summed E-state index contributed by atoms with van der Waals surface area (Å²) in [4.78, 5) is 6.74. The minimum absolute atomic E-state index is 0.509. The van der Waals surface area contributed by atoms with Gasteiger partial charge in [0.25, 0.3) is 0 Å². The van der Waals surface area contributed by atoms with E-state index in [2.05, 4.69) is 37.7 Å². The summed E-state index contributed by atoms with van der Waals surface area (Å²) in [5.41, 5.74) is 0. The van der Waals surface area contributed by atoms with Gasteiger partial charge in [0.05, 0.1) is 12.2 Å². The van der Waals surface area contributed by atoms with Crippen LogP contribution in [0.3, 0.4) is 0 Å². The van der Waals surface area contributed by atoms with Gasteiger partial charge >= 0.3 is 0 Å². The number of rotatable bonds is 2. The Bertz CT molecular complexity index is 366. The summed E-state index contributed by atoms with van der Waals surface area (Å²) in [6.45, 7) is 6.73. The Labute approximate surface area is 117 Å². The Balaban J connectivity index is 1.63. The number of nitrogens with zero attached hydrogens (tertiary/aromatic N) is 2. The molecule has 0 radical (unpaired) electrons. The van der Waals surface area contributed by atoms with E-state index >= 15 is 0 Å². The number of nitrogens with one attached hydrogen (secondary N) is 1. The molecule has 0 amide bonds. The fraction of sp³-hybridized carbons (Fsp3) is 0.769. The van der Waals surface area contributed by atoms with Crippen molar-refractivity contribution in [2.75, 3.05) is 26.7 Å². The maximum atomic E-state index is 5.99. The van der Waals surface area contributed by atoms with E-state index in [0.717, 1.165) is 41.9 Å². The van der Waals surface area contributed by atoms with Crippen molar-refractivity contribution in [1.82, 2.24) is 10.2 Å². The standard InChI is InChI=1S/C13H20BrN3O/c1-8(14)5-16-13(15-2)17-6-9-10(7-17)12-4-3-11(9)18-12/h9-12H,1,3-7H2,2H3,(H,15,16). The summed E-state index contributed by atoms with van der Waals surface area (Å²) in [6.07, 6.45) is 3.52. The highest BCUT2D eigenvalue weighted by atomic mass is 79.9. The molecule has 0 aromatic carbocycles. The van der Waals surface area contributed by atoms with Gasteiger partial charge in [-0.1, -0.05) is 22.5 Å². The van der Waals surface area contributed by atoms with Gasteiger partial charge in [-0.15, -0.1) is 0 Å². The van der Waals surface area contributed by atoms with Gasteiger partial charge in [0, 0.05) is 43.0 Å². The van der Waals surface area contributed by atoms with Crippen LogP contribution < -0.4 is 5.32 Å². The molecular weight excluding hydrogens is 294 g/mol. The van der Waals surface area contributed by atoms with Crippen LogP contribution in [0.15, 0.2) is 16.1 Å². The summed E-state index contributed by atoms with van der Waals surface area (Å²) in [6, 6.07) is 0. The number of aliphatic imine (C=N–C) groups is 1. The third kappa shape index (κ3) is 2.07. The van der Waals surface area contributed by atoms with Crippen molar-refractivity contribution < 1.29 is 4.74 Å². The zero-order chi connectivity index (χ0) is 12.7. The van der Waals surface area contributed by atoms with Crippen LogP contribution in [-0.2, 0) is 4.74 Å². The highest BCUT2D eigenvalue weighted by molar-refractivity contribution is 9.11. The Morgan fingerprint density at radius 1 is 1.39 bits per heavy atom. The monoisotopic (exact) mass is 313 g/mol.